The summed E-state index contributed by atoms with van der Waals surface area (Å²) in [6.45, 7) is 2.90. The molecule has 0 N–H and O–H groups in total. The zero-order chi connectivity index (χ0) is 16.6. The highest BCUT2D eigenvalue weighted by Gasteiger charge is 2.45. The third kappa shape index (κ3) is 3.54. The average molecular weight is 339 g/mol. The smallest absolute Gasteiger partial charge is 0.245 e. The van der Waals surface area contributed by atoms with Crippen molar-refractivity contribution >= 4 is 23.6 Å². The van der Waals surface area contributed by atoms with Crippen molar-refractivity contribution in [3.8, 4) is 0 Å². The van der Waals surface area contributed by atoms with Crippen molar-refractivity contribution in [3.63, 3.8) is 0 Å². The standard InChI is InChI=1S/C18H30N2O2S/c1-12-10-15(12)17(21)20-9-5-4-6-16(20)18(22)19(2)13-7-8-14(11-13)23-3/h12-16H,4-11H2,1-3H3/t12-,13-,14+,15-,16-/m0/s1. The summed E-state index contributed by atoms with van der Waals surface area (Å²) < 4.78 is 0. The minimum atomic E-state index is -0.206. The summed E-state index contributed by atoms with van der Waals surface area (Å²) in [7, 11) is 1.95. The molecule has 3 aliphatic rings. The van der Waals surface area contributed by atoms with E-state index < -0.39 is 0 Å². The molecule has 1 aliphatic heterocycles. The van der Waals surface area contributed by atoms with E-state index >= 15 is 0 Å². The number of rotatable bonds is 4. The van der Waals surface area contributed by atoms with Gasteiger partial charge in [-0.05, 0) is 57.1 Å². The van der Waals surface area contributed by atoms with Gasteiger partial charge in [0, 0.05) is 30.8 Å². The summed E-state index contributed by atoms with van der Waals surface area (Å²) in [5, 5.41) is 0.687. The van der Waals surface area contributed by atoms with Gasteiger partial charge in [0.05, 0.1) is 0 Å². The van der Waals surface area contributed by atoms with Crippen LogP contribution in [0, 0.1) is 11.8 Å². The lowest BCUT2D eigenvalue weighted by atomic mass is 9.99. The average Bonchev–Trinajstić information content (AvgIpc) is 3.12. The predicted octanol–water partition coefficient (Wildman–Crippen LogP) is 2.77. The van der Waals surface area contributed by atoms with Gasteiger partial charge in [-0.15, -0.1) is 0 Å². The Morgan fingerprint density at radius 2 is 1.87 bits per heavy atom. The monoisotopic (exact) mass is 338 g/mol. The molecule has 1 heterocycles. The Kier molecular flexibility index (Phi) is 5.24. The minimum Gasteiger partial charge on any atom is -0.341 e. The van der Waals surface area contributed by atoms with E-state index in [1.807, 2.05) is 28.6 Å². The maximum absolute atomic E-state index is 13.0. The lowest BCUT2D eigenvalue weighted by Crippen LogP contribution is -2.54. The molecule has 130 valence electrons. The van der Waals surface area contributed by atoms with Crippen molar-refractivity contribution in [2.75, 3.05) is 19.8 Å². The number of nitrogens with zero attached hydrogens (tertiary/aromatic N) is 2. The summed E-state index contributed by atoms with van der Waals surface area (Å²) in [6.07, 6.45) is 9.52. The van der Waals surface area contributed by atoms with Crippen molar-refractivity contribution in [1.29, 1.82) is 0 Å². The summed E-state index contributed by atoms with van der Waals surface area (Å²) in [6, 6.07) is 0.154. The van der Waals surface area contributed by atoms with Crippen LogP contribution in [0.5, 0.6) is 0 Å². The molecule has 0 radical (unpaired) electrons. The third-order valence-electron chi connectivity index (χ3n) is 6.08. The first-order valence-electron chi connectivity index (χ1n) is 9.13. The molecule has 0 aromatic carbocycles. The van der Waals surface area contributed by atoms with E-state index in [0.717, 1.165) is 45.1 Å². The zero-order valence-corrected chi connectivity index (χ0v) is 15.5. The van der Waals surface area contributed by atoms with Crippen LogP contribution >= 0.6 is 11.8 Å². The van der Waals surface area contributed by atoms with Gasteiger partial charge in [0.25, 0.3) is 0 Å². The second kappa shape index (κ2) is 7.04. The van der Waals surface area contributed by atoms with Crippen LogP contribution in [0.1, 0.15) is 51.9 Å². The summed E-state index contributed by atoms with van der Waals surface area (Å²) >= 11 is 1.92. The molecule has 0 unspecified atom stereocenters. The molecular weight excluding hydrogens is 308 g/mol. The maximum Gasteiger partial charge on any atom is 0.245 e. The Morgan fingerprint density at radius 1 is 1.13 bits per heavy atom. The van der Waals surface area contributed by atoms with Gasteiger partial charge in [0.15, 0.2) is 0 Å². The fourth-order valence-electron chi connectivity index (χ4n) is 4.23. The molecule has 2 amide bonds. The molecule has 0 bridgehead atoms. The van der Waals surface area contributed by atoms with Crippen molar-refractivity contribution in [2.24, 2.45) is 11.8 Å². The Morgan fingerprint density at radius 3 is 2.48 bits per heavy atom. The SMILES string of the molecule is CS[C@@H]1CC[C@H](N(C)C(=O)[C@@H]2CCCCN2C(=O)[C@H]2C[C@@H]2C)C1. The van der Waals surface area contributed by atoms with E-state index in [2.05, 4.69) is 13.2 Å². The Balaban J connectivity index is 1.65. The molecule has 2 saturated carbocycles. The van der Waals surface area contributed by atoms with E-state index in [1.54, 1.807) is 0 Å². The van der Waals surface area contributed by atoms with Crippen molar-refractivity contribution in [1.82, 2.24) is 9.80 Å². The van der Waals surface area contributed by atoms with E-state index in [4.69, 9.17) is 0 Å². The van der Waals surface area contributed by atoms with Crippen LogP contribution in [0.3, 0.4) is 0 Å². The minimum absolute atomic E-state index is 0.179. The fraction of sp³-hybridized carbons (Fsp3) is 0.889. The first-order chi connectivity index (χ1) is 11.0. The quantitative estimate of drug-likeness (QED) is 0.791. The molecule has 1 saturated heterocycles. The van der Waals surface area contributed by atoms with Crippen LogP contribution in [0.15, 0.2) is 0 Å². The molecule has 5 heteroatoms. The lowest BCUT2D eigenvalue weighted by molar-refractivity contribution is -0.149. The van der Waals surface area contributed by atoms with Gasteiger partial charge in [-0.3, -0.25) is 9.59 Å². The summed E-state index contributed by atoms with van der Waals surface area (Å²) in [4.78, 5) is 29.6. The number of thioether (sulfide) groups is 1. The molecule has 0 aromatic heterocycles. The molecule has 0 aromatic rings. The molecule has 4 nitrogen and oxygen atoms in total. The zero-order valence-electron chi connectivity index (χ0n) is 14.7. The van der Waals surface area contributed by atoms with Crippen LogP contribution in [0.2, 0.25) is 0 Å². The normalized spacial score (nSPS) is 36.8. The van der Waals surface area contributed by atoms with Gasteiger partial charge in [-0.2, -0.15) is 11.8 Å². The molecule has 0 spiro atoms. The van der Waals surface area contributed by atoms with Gasteiger partial charge < -0.3 is 9.80 Å². The highest BCUT2D eigenvalue weighted by Crippen LogP contribution is 2.40. The predicted molar refractivity (Wildman–Crippen MR) is 94.3 cm³/mol. The number of likely N-dealkylation sites (tertiary alicyclic amines) is 1. The number of carbonyl (C=O) groups is 2. The fourth-order valence-corrected chi connectivity index (χ4v) is 5.02. The molecule has 5 atom stereocenters. The van der Waals surface area contributed by atoms with Gasteiger partial charge in [0.2, 0.25) is 11.8 Å². The van der Waals surface area contributed by atoms with Crippen molar-refractivity contribution in [3.05, 3.63) is 0 Å². The van der Waals surface area contributed by atoms with Crippen molar-refractivity contribution < 1.29 is 9.59 Å². The molecule has 3 fully saturated rings. The molecule has 3 rings (SSSR count). The number of hydrogen-bond acceptors (Lipinski definition) is 3. The Labute approximate surface area is 144 Å². The van der Waals surface area contributed by atoms with E-state index in [1.165, 1.54) is 6.42 Å². The van der Waals surface area contributed by atoms with Crippen molar-refractivity contribution in [2.45, 2.75) is 69.2 Å². The van der Waals surface area contributed by atoms with E-state index in [9.17, 15) is 9.59 Å². The van der Waals surface area contributed by atoms with E-state index in [-0.39, 0.29) is 23.8 Å². The highest BCUT2D eigenvalue weighted by molar-refractivity contribution is 7.99. The Hall–Kier alpha value is -0.710. The van der Waals surface area contributed by atoms with Crippen LogP contribution in [-0.4, -0.2) is 58.8 Å². The topological polar surface area (TPSA) is 40.6 Å². The number of hydrogen-bond donors (Lipinski definition) is 0. The lowest BCUT2D eigenvalue weighted by Gasteiger charge is -2.38. The highest BCUT2D eigenvalue weighted by atomic mass is 32.2. The van der Waals surface area contributed by atoms with Gasteiger partial charge in [-0.1, -0.05) is 6.92 Å². The Bertz CT molecular complexity index is 470. The number of amides is 2. The van der Waals surface area contributed by atoms with Crippen LogP contribution < -0.4 is 0 Å². The molecule has 23 heavy (non-hydrogen) atoms. The first kappa shape index (κ1) is 17.1. The third-order valence-corrected chi connectivity index (χ3v) is 7.18. The van der Waals surface area contributed by atoms with Gasteiger partial charge in [0.1, 0.15) is 6.04 Å². The van der Waals surface area contributed by atoms with Crippen LogP contribution in [-0.2, 0) is 9.59 Å². The summed E-state index contributed by atoms with van der Waals surface area (Å²) in [5.74, 6) is 1.10. The summed E-state index contributed by atoms with van der Waals surface area (Å²) in [5.41, 5.74) is 0. The second-order valence-corrected chi connectivity index (χ2v) is 8.77. The molecular formula is C18H30N2O2S. The second-order valence-electron chi connectivity index (χ2n) is 7.64. The number of piperidine rings is 1. The van der Waals surface area contributed by atoms with E-state index in [0.29, 0.717) is 17.2 Å². The van der Waals surface area contributed by atoms with Crippen LogP contribution in [0.25, 0.3) is 0 Å². The largest absolute Gasteiger partial charge is 0.341 e. The molecule has 2 aliphatic carbocycles. The van der Waals surface area contributed by atoms with Gasteiger partial charge >= 0.3 is 0 Å². The maximum atomic E-state index is 13.0. The van der Waals surface area contributed by atoms with Crippen LogP contribution in [0.4, 0.5) is 0 Å². The number of carbonyl (C=O) groups excluding carboxylic acids is 2. The van der Waals surface area contributed by atoms with Gasteiger partial charge in [-0.25, -0.2) is 0 Å². The first-order valence-corrected chi connectivity index (χ1v) is 10.4. The number of likely N-dealkylation sites (N-methyl/N-ethyl adjacent to an activating group) is 1.